The van der Waals surface area contributed by atoms with Crippen molar-refractivity contribution in [2.45, 2.75) is 6.92 Å². The topological polar surface area (TPSA) is 20.1 Å². The first-order valence-electron chi connectivity index (χ1n) is 3.75. The molecule has 0 aromatic heterocycles. The monoisotopic (exact) mass is 162 g/mol. The maximum absolute atomic E-state index is 10.4. The number of nitrogens with zero attached hydrogens (tertiary/aromatic N) is 1. The first kappa shape index (κ1) is 8.65. The van der Waals surface area contributed by atoms with E-state index >= 15 is 0 Å². The van der Waals surface area contributed by atoms with Gasteiger partial charge in [0.2, 0.25) is 5.69 Å². The Hall–Kier alpha value is -1.44. The zero-order valence-electron chi connectivity index (χ0n) is 7.37. The number of carbonyl (C=O) groups excluding carboxylic acids is 1. The van der Waals surface area contributed by atoms with E-state index in [0.29, 0.717) is 5.56 Å². The Morgan fingerprint density at radius 3 is 2.58 bits per heavy atom. The largest absolute Gasteiger partial charge is 0.298 e. The van der Waals surface area contributed by atoms with E-state index in [9.17, 15) is 4.79 Å². The summed E-state index contributed by atoms with van der Waals surface area (Å²) in [6.07, 6.45) is 0.847. The summed E-state index contributed by atoms with van der Waals surface area (Å²) in [5.74, 6) is 0. The predicted octanol–water partition coefficient (Wildman–Crippen LogP) is 1.78. The predicted molar refractivity (Wildman–Crippen MR) is 49.5 cm³/mol. The van der Waals surface area contributed by atoms with Crippen LogP contribution in [0.1, 0.15) is 15.9 Å². The Kier molecular flexibility index (Phi) is 2.38. The summed E-state index contributed by atoms with van der Waals surface area (Å²) in [5.41, 5.74) is 2.82. The molecule has 0 radical (unpaired) electrons. The average Bonchev–Trinajstić information content (AvgIpc) is 2.03. The summed E-state index contributed by atoms with van der Waals surface area (Å²) in [6.45, 7) is 5.73. The molecule has 0 saturated carbocycles. The van der Waals surface area contributed by atoms with Crippen LogP contribution in [-0.4, -0.2) is 24.6 Å². The van der Waals surface area contributed by atoms with Crippen molar-refractivity contribution in [1.29, 1.82) is 0 Å². The lowest BCUT2D eigenvalue weighted by atomic mass is 10.1. The zero-order valence-corrected chi connectivity index (χ0v) is 7.37. The van der Waals surface area contributed by atoms with E-state index in [1.54, 1.807) is 10.6 Å². The highest BCUT2D eigenvalue weighted by atomic mass is 16.1. The summed E-state index contributed by atoms with van der Waals surface area (Å²) in [5, 5.41) is 0. The van der Waals surface area contributed by atoms with Gasteiger partial charge in [-0.15, -0.1) is 0 Å². The molecule has 1 aromatic carbocycles. The molecule has 1 aromatic rings. The second-order valence-electron chi connectivity index (χ2n) is 2.86. The third-order valence-electron chi connectivity index (χ3n) is 1.77. The summed E-state index contributed by atoms with van der Waals surface area (Å²) in [4.78, 5) is 10.4. The van der Waals surface area contributed by atoms with Gasteiger partial charge in [0.05, 0.1) is 0 Å². The summed E-state index contributed by atoms with van der Waals surface area (Å²) in [6, 6.07) is 5.53. The normalized spacial score (nSPS) is 9.50. The molecule has 0 saturated heterocycles. The number of hydrogen-bond acceptors (Lipinski definition) is 1. The average molecular weight is 162 g/mol. The van der Waals surface area contributed by atoms with E-state index in [2.05, 4.69) is 6.72 Å². The fourth-order valence-electron chi connectivity index (χ4n) is 1.18. The molecule has 2 heteroatoms. The van der Waals surface area contributed by atoms with Gasteiger partial charge in [0.1, 0.15) is 20.1 Å². The van der Waals surface area contributed by atoms with Crippen molar-refractivity contribution in [3.8, 4) is 0 Å². The van der Waals surface area contributed by atoms with Crippen LogP contribution in [0.5, 0.6) is 0 Å². The van der Waals surface area contributed by atoms with Crippen LogP contribution in [0.3, 0.4) is 0 Å². The molecule has 0 unspecified atom stereocenters. The van der Waals surface area contributed by atoms with Gasteiger partial charge in [-0.2, -0.15) is 0 Å². The molecule has 12 heavy (non-hydrogen) atoms. The van der Waals surface area contributed by atoms with Crippen LogP contribution in [0, 0.1) is 6.92 Å². The number of rotatable bonds is 2. The van der Waals surface area contributed by atoms with Gasteiger partial charge in [0.15, 0.2) is 0 Å². The Morgan fingerprint density at radius 2 is 2.17 bits per heavy atom. The minimum Gasteiger partial charge on any atom is -0.298 e. The molecule has 2 nitrogen and oxygen atoms in total. The van der Waals surface area contributed by atoms with Gasteiger partial charge < -0.3 is 0 Å². The molecule has 0 aliphatic heterocycles. The molecule has 0 amide bonds. The molecular weight excluding hydrogens is 150 g/mol. The molecule has 0 bridgehead atoms. The van der Waals surface area contributed by atoms with E-state index in [-0.39, 0.29) is 0 Å². The standard InChI is InChI=1S/C10H12NO/c1-8-6-9(7-12)4-5-10(8)11(2)3/h4-7H,2H2,1,3H3/q+1. The third kappa shape index (κ3) is 1.59. The summed E-state index contributed by atoms with van der Waals surface area (Å²) < 4.78 is 1.78. The highest BCUT2D eigenvalue weighted by molar-refractivity contribution is 5.76. The van der Waals surface area contributed by atoms with E-state index in [4.69, 9.17) is 0 Å². The fraction of sp³-hybridized carbons (Fsp3) is 0.200. The number of benzene rings is 1. The van der Waals surface area contributed by atoms with Gasteiger partial charge >= 0.3 is 0 Å². The molecule has 62 valence electrons. The Balaban J connectivity index is 3.20. The van der Waals surface area contributed by atoms with Gasteiger partial charge in [-0.25, -0.2) is 4.58 Å². The summed E-state index contributed by atoms with van der Waals surface area (Å²) >= 11 is 0. The first-order valence-corrected chi connectivity index (χ1v) is 3.75. The Morgan fingerprint density at radius 1 is 1.50 bits per heavy atom. The van der Waals surface area contributed by atoms with Crippen LogP contribution >= 0.6 is 0 Å². The van der Waals surface area contributed by atoms with Crippen LogP contribution in [0.25, 0.3) is 0 Å². The van der Waals surface area contributed by atoms with Gasteiger partial charge in [0, 0.05) is 17.2 Å². The van der Waals surface area contributed by atoms with Crippen LogP contribution in [-0.2, 0) is 0 Å². The van der Waals surface area contributed by atoms with Crippen LogP contribution in [0.2, 0.25) is 0 Å². The first-order chi connectivity index (χ1) is 5.65. The lowest BCUT2D eigenvalue weighted by Crippen LogP contribution is -1.95. The molecule has 0 atom stereocenters. The second kappa shape index (κ2) is 3.30. The van der Waals surface area contributed by atoms with Gasteiger partial charge in [0.25, 0.3) is 0 Å². The highest BCUT2D eigenvalue weighted by Gasteiger charge is 2.05. The maximum atomic E-state index is 10.4. The molecule has 0 aliphatic carbocycles. The summed E-state index contributed by atoms with van der Waals surface area (Å²) in [7, 11) is 1.88. The number of aryl methyl sites for hydroxylation is 1. The lowest BCUT2D eigenvalue weighted by molar-refractivity contribution is -0.395. The molecule has 0 fully saturated rings. The highest BCUT2D eigenvalue weighted by Crippen LogP contribution is 2.16. The fourth-order valence-corrected chi connectivity index (χ4v) is 1.18. The van der Waals surface area contributed by atoms with Crippen LogP contribution in [0.15, 0.2) is 18.2 Å². The zero-order chi connectivity index (χ0) is 9.14. The van der Waals surface area contributed by atoms with Gasteiger partial charge in [-0.1, -0.05) is 0 Å². The minimum atomic E-state index is 0.707. The molecule has 0 aliphatic rings. The number of aldehydes is 1. The molecular formula is C10H12NO+. The van der Waals surface area contributed by atoms with Crippen molar-refractivity contribution in [1.82, 2.24) is 0 Å². The maximum Gasteiger partial charge on any atom is 0.207 e. The molecule has 0 spiro atoms. The third-order valence-corrected chi connectivity index (χ3v) is 1.77. The number of hydrogen-bond donors (Lipinski definition) is 0. The number of carbonyl (C=O) groups is 1. The molecule has 0 heterocycles. The van der Waals surface area contributed by atoms with E-state index in [0.717, 1.165) is 17.5 Å². The van der Waals surface area contributed by atoms with Crippen LogP contribution in [0.4, 0.5) is 5.69 Å². The SMILES string of the molecule is C=[N+](C)c1ccc(C=O)cc1C. The van der Waals surface area contributed by atoms with Crippen LogP contribution < -0.4 is 0 Å². The smallest absolute Gasteiger partial charge is 0.207 e. The Labute approximate surface area is 72.2 Å². The van der Waals surface area contributed by atoms with Crippen molar-refractivity contribution < 1.29 is 9.37 Å². The van der Waals surface area contributed by atoms with Crippen molar-refractivity contribution in [3.63, 3.8) is 0 Å². The van der Waals surface area contributed by atoms with E-state index in [1.807, 2.05) is 26.1 Å². The van der Waals surface area contributed by atoms with E-state index in [1.165, 1.54) is 0 Å². The minimum absolute atomic E-state index is 0.707. The van der Waals surface area contributed by atoms with Crippen molar-refractivity contribution in [2.24, 2.45) is 0 Å². The van der Waals surface area contributed by atoms with Gasteiger partial charge in [-0.3, -0.25) is 4.79 Å². The van der Waals surface area contributed by atoms with Gasteiger partial charge in [-0.05, 0) is 19.1 Å². The quantitative estimate of drug-likeness (QED) is 0.369. The Bertz CT molecular complexity index is 329. The van der Waals surface area contributed by atoms with Crippen molar-refractivity contribution in [2.75, 3.05) is 7.05 Å². The van der Waals surface area contributed by atoms with Crippen molar-refractivity contribution in [3.05, 3.63) is 29.3 Å². The van der Waals surface area contributed by atoms with Crippen molar-refractivity contribution >= 4 is 18.7 Å². The lowest BCUT2D eigenvalue weighted by Gasteiger charge is -1.99. The molecule has 1 rings (SSSR count). The molecule has 0 N–H and O–H groups in total. The van der Waals surface area contributed by atoms with E-state index < -0.39 is 0 Å². The second-order valence-corrected chi connectivity index (χ2v) is 2.86.